The monoisotopic (exact) mass is 257 g/mol. The molecule has 19 heavy (non-hydrogen) atoms. The Balaban J connectivity index is 1.98. The summed E-state index contributed by atoms with van der Waals surface area (Å²) >= 11 is 0. The van der Waals surface area contributed by atoms with Gasteiger partial charge in [0.15, 0.2) is 12.3 Å². The number of carbonyl (C=O) groups excluding carboxylic acids is 2. The number of hydrogen-bond donors (Lipinski definition) is 1. The second-order valence-electron chi connectivity index (χ2n) is 3.74. The third kappa shape index (κ3) is 3.16. The van der Waals surface area contributed by atoms with Crippen molar-refractivity contribution >= 4 is 11.8 Å². The summed E-state index contributed by atoms with van der Waals surface area (Å²) < 4.78 is 4.86. The topological polar surface area (TPSA) is 76.5 Å². The molecule has 0 spiro atoms. The molecule has 5 heteroatoms. The lowest BCUT2D eigenvalue weighted by Gasteiger charge is -2.04. The van der Waals surface area contributed by atoms with Gasteiger partial charge in [-0.2, -0.15) is 0 Å². The van der Waals surface area contributed by atoms with E-state index < -0.39 is 18.4 Å². The average molecular weight is 257 g/mol. The number of rotatable bonds is 4. The van der Waals surface area contributed by atoms with Crippen molar-refractivity contribution in [3.05, 3.63) is 59.9 Å². The zero-order valence-corrected chi connectivity index (χ0v) is 9.95. The predicted octanol–water partition coefficient (Wildman–Crippen LogP) is 1.83. The first-order valence-electron chi connectivity index (χ1n) is 5.58. The van der Waals surface area contributed by atoms with Crippen molar-refractivity contribution in [2.24, 2.45) is 0 Å². The third-order valence-corrected chi connectivity index (χ3v) is 2.39. The Kier molecular flexibility index (Phi) is 3.87. The first kappa shape index (κ1) is 12.8. The molecule has 2 aromatic rings. The highest BCUT2D eigenvalue weighted by molar-refractivity contribution is 5.99. The Morgan fingerprint density at radius 1 is 1.11 bits per heavy atom. The Morgan fingerprint density at radius 2 is 1.84 bits per heavy atom. The zero-order valence-electron chi connectivity index (χ0n) is 9.95. The van der Waals surface area contributed by atoms with E-state index in [4.69, 9.17) is 4.74 Å². The fraction of sp³-hybridized carbons (Fsp3) is 0.0714. The molecule has 0 saturated carbocycles. The molecular weight excluding hydrogens is 246 g/mol. The summed E-state index contributed by atoms with van der Waals surface area (Å²) in [4.78, 5) is 27.0. The van der Waals surface area contributed by atoms with E-state index >= 15 is 0 Å². The number of aromatic hydroxyl groups is 1. The van der Waals surface area contributed by atoms with Crippen molar-refractivity contribution in [1.82, 2.24) is 4.98 Å². The third-order valence-electron chi connectivity index (χ3n) is 2.39. The van der Waals surface area contributed by atoms with Gasteiger partial charge in [-0.15, -0.1) is 0 Å². The van der Waals surface area contributed by atoms with E-state index in [1.807, 2.05) is 0 Å². The SMILES string of the molecule is O=C(OCC(=O)c1ncccc1O)c1ccccc1. The number of ether oxygens (including phenoxy) is 1. The molecule has 1 aromatic heterocycles. The van der Waals surface area contributed by atoms with Gasteiger partial charge in [0, 0.05) is 6.20 Å². The van der Waals surface area contributed by atoms with Crippen LogP contribution >= 0.6 is 0 Å². The van der Waals surface area contributed by atoms with Gasteiger partial charge in [0.2, 0.25) is 5.78 Å². The maximum atomic E-state index is 11.7. The number of esters is 1. The largest absolute Gasteiger partial charge is 0.506 e. The van der Waals surface area contributed by atoms with E-state index in [0.717, 1.165) is 0 Å². The molecule has 0 aliphatic carbocycles. The second-order valence-corrected chi connectivity index (χ2v) is 3.74. The van der Waals surface area contributed by atoms with Crippen molar-refractivity contribution in [2.75, 3.05) is 6.61 Å². The van der Waals surface area contributed by atoms with Gasteiger partial charge >= 0.3 is 5.97 Å². The molecule has 0 aliphatic rings. The Bertz CT molecular complexity index is 595. The van der Waals surface area contributed by atoms with Crippen LogP contribution in [0.2, 0.25) is 0 Å². The molecule has 1 heterocycles. The molecular formula is C14H11NO4. The minimum Gasteiger partial charge on any atom is -0.506 e. The van der Waals surface area contributed by atoms with Gasteiger partial charge in [-0.25, -0.2) is 9.78 Å². The quantitative estimate of drug-likeness (QED) is 0.668. The molecule has 1 aromatic carbocycles. The maximum Gasteiger partial charge on any atom is 0.338 e. The summed E-state index contributed by atoms with van der Waals surface area (Å²) in [7, 11) is 0. The summed E-state index contributed by atoms with van der Waals surface area (Å²) in [5, 5.41) is 9.44. The highest BCUT2D eigenvalue weighted by Crippen LogP contribution is 2.13. The van der Waals surface area contributed by atoms with E-state index in [9.17, 15) is 14.7 Å². The molecule has 0 unspecified atom stereocenters. The van der Waals surface area contributed by atoms with Crippen LogP contribution in [-0.4, -0.2) is 28.4 Å². The molecule has 1 N–H and O–H groups in total. The normalized spacial score (nSPS) is 9.89. The first-order valence-corrected chi connectivity index (χ1v) is 5.58. The van der Waals surface area contributed by atoms with E-state index in [2.05, 4.69) is 4.98 Å². The van der Waals surface area contributed by atoms with Crippen LogP contribution in [0.25, 0.3) is 0 Å². The minimum atomic E-state index is -0.593. The van der Waals surface area contributed by atoms with Gasteiger partial charge in [-0.1, -0.05) is 18.2 Å². The number of hydrogen-bond acceptors (Lipinski definition) is 5. The smallest absolute Gasteiger partial charge is 0.338 e. The lowest BCUT2D eigenvalue weighted by atomic mass is 10.2. The molecule has 0 saturated heterocycles. The van der Waals surface area contributed by atoms with Crippen LogP contribution in [0.3, 0.4) is 0 Å². The molecule has 0 aliphatic heterocycles. The van der Waals surface area contributed by atoms with Gasteiger partial charge in [0.1, 0.15) is 5.75 Å². The number of ketones is 1. The van der Waals surface area contributed by atoms with Crippen molar-refractivity contribution in [2.45, 2.75) is 0 Å². The molecule has 0 amide bonds. The van der Waals surface area contributed by atoms with Crippen LogP contribution in [0.5, 0.6) is 5.75 Å². The lowest BCUT2D eigenvalue weighted by Crippen LogP contribution is -2.15. The maximum absolute atomic E-state index is 11.7. The molecule has 5 nitrogen and oxygen atoms in total. The molecule has 2 rings (SSSR count). The van der Waals surface area contributed by atoms with Crippen molar-refractivity contribution in [3.8, 4) is 5.75 Å². The summed E-state index contributed by atoms with van der Waals surface area (Å²) in [5.41, 5.74) is 0.254. The van der Waals surface area contributed by atoms with Gasteiger partial charge in [0.25, 0.3) is 0 Å². The minimum absolute atomic E-state index is 0.108. The summed E-state index contributed by atoms with van der Waals surface area (Å²) in [6.45, 7) is -0.460. The number of pyridine rings is 1. The van der Waals surface area contributed by atoms with Gasteiger partial charge in [-0.3, -0.25) is 4.79 Å². The highest BCUT2D eigenvalue weighted by Gasteiger charge is 2.15. The highest BCUT2D eigenvalue weighted by atomic mass is 16.5. The molecule has 0 atom stereocenters. The molecule has 0 bridgehead atoms. The van der Waals surface area contributed by atoms with Gasteiger partial charge in [-0.05, 0) is 24.3 Å². The van der Waals surface area contributed by atoms with E-state index in [-0.39, 0.29) is 11.4 Å². The van der Waals surface area contributed by atoms with Crippen molar-refractivity contribution in [1.29, 1.82) is 0 Å². The number of nitrogens with zero attached hydrogens (tertiary/aromatic N) is 1. The van der Waals surface area contributed by atoms with Crippen LogP contribution in [-0.2, 0) is 4.74 Å². The average Bonchev–Trinajstić information content (AvgIpc) is 2.46. The van der Waals surface area contributed by atoms with Crippen molar-refractivity contribution in [3.63, 3.8) is 0 Å². The number of aromatic nitrogens is 1. The Hall–Kier alpha value is -2.69. The fourth-order valence-corrected chi connectivity index (χ4v) is 1.47. The van der Waals surface area contributed by atoms with Crippen molar-refractivity contribution < 1.29 is 19.4 Å². The zero-order chi connectivity index (χ0) is 13.7. The number of carbonyl (C=O) groups is 2. The standard InChI is InChI=1S/C14H11NO4/c16-11-7-4-8-15-13(11)12(17)9-19-14(18)10-5-2-1-3-6-10/h1-8,16H,9H2. The van der Waals surface area contributed by atoms with Crippen LogP contribution in [0.15, 0.2) is 48.7 Å². The van der Waals surface area contributed by atoms with Crippen LogP contribution in [0, 0.1) is 0 Å². The van der Waals surface area contributed by atoms with Gasteiger partial charge < -0.3 is 9.84 Å². The molecule has 96 valence electrons. The fourth-order valence-electron chi connectivity index (χ4n) is 1.47. The second kappa shape index (κ2) is 5.77. The summed E-state index contributed by atoms with van der Waals surface area (Å²) in [6.07, 6.45) is 1.38. The number of benzene rings is 1. The summed E-state index contributed by atoms with van der Waals surface area (Å²) in [5.74, 6) is -1.38. The lowest BCUT2D eigenvalue weighted by molar-refractivity contribution is 0.0472. The molecule has 0 fully saturated rings. The van der Waals surface area contributed by atoms with Crippen LogP contribution in [0.1, 0.15) is 20.8 Å². The summed E-state index contributed by atoms with van der Waals surface area (Å²) in [6, 6.07) is 11.2. The Morgan fingerprint density at radius 3 is 2.53 bits per heavy atom. The predicted molar refractivity (Wildman–Crippen MR) is 67.0 cm³/mol. The first-order chi connectivity index (χ1) is 9.18. The molecule has 0 radical (unpaired) electrons. The van der Waals surface area contributed by atoms with Crippen LogP contribution < -0.4 is 0 Å². The van der Waals surface area contributed by atoms with E-state index in [1.54, 1.807) is 30.3 Å². The number of Topliss-reactive ketones (excluding diaryl/α,β-unsaturated/α-hetero) is 1. The van der Waals surface area contributed by atoms with Crippen LogP contribution in [0.4, 0.5) is 0 Å². The van der Waals surface area contributed by atoms with E-state index in [0.29, 0.717) is 5.56 Å². The Labute approximate surface area is 109 Å². The van der Waals surface area contributed by atoms with Gasteiger partial charge in [0.05, 0.1) is 5.56 Å². The van der Waals surface area contributed by atoms with E-state index in [1.165, 1.54) is 18.3 Å².